The van der Waals surface area contributed by atoms with Crippen molar-refractivity contribution in [3.8, 4) is 0 Å². The molecule has 0 spiro atoms. The second-order valence-electron chi connectivity index (χ2n) is 3.16. The number of aliphatic imine (C=N–C) groups is 1. The Morgan fingerprint density at radius 2 is 2.22 bits per heavy atom. The van der Waals surface area contributed by atoms with Crippen molar-refractivity contribution in [2.45, 2.75) is 5.75 Å². The van der Waals surface area contributed by atoms with Gasteiger partial charge in [0.2, 0.25) is 0 Å². The van der Waals surface area contributed by atoms with Crippen LogP contribution >= 0.6 is 23.4 Å². The average Bonchev–Trinajstić information content (AvgIpc) is 2.26. The Morgan fingerprint density at radius 1 is 1.56 bits per heavy atom. The number of nitrogens with two attached hydrogens (primary N) is 2. The summed E-state index contributed by atoms with van der Waals surface area (Å²) in [4.78, 5) is 13.5. The van der Waals surface area contributed by atoms with E-state index < -0.39 is 4.92 Å². The van der Waals surface area contributed by atoms with Crippen molar-refractivity contribution >= 4 is 40.2 Å². The van der Waals surface area contributed by atoms with Crippen LogP contribution in [0, 0.1) is 15.5 Å². The van der Waals surface area contributed by atoms with E-state index in [9.17, 15) is 10.1 Å². The van der Waals surface area contributed by atoms with Crippen LogP contribution in [0.2, 0.25) is 5.02 Å². The lowest BCUT2D eigenvalue weighted by Crippen LogP contribution is -2.23. The van der Waals surface area contributed by atoms with Crippen LogP contribution in [-0.4, -0.2) is 16.1 Å². The summed E-state index contributed by atoms with van der Waals surface area (Å²) in [5, 5.41) is 18.1. The number of nitro groups is 1. The lowest BCUT2D eigenvalue weighted by Gasteiger charge is -2.03. The topological polar surface area (TPSA) is 131 Å². The highest BCUT2D eigenvalue weighted by Crippen LogP contribution is 2.26. The highest BCUT2D eigenvalue weighted by Gasteiger charge is 2.10. The minimum atomic E-state index is -0.524. The molecule has 0 saturated carbocycles. The molecule has 0 aliphatic carbocycles. The van der Waals surface area contributed by atoms with Gasteiger partial charge in [-0.05, 0) is 11.6 Å². The van der Waals surface area contributed by atoms with E-state index in [1.807, 2.05) is 0 Å². The van der Waals surface area contributed by atoms with Crippen LogP contribution in [-0.2, 0) is 5.75 Å². The fraction of sp³-hybridized carbons (Fsp3) is 0.111. The van der Waals surface area contributed by atoms with Crippen molar-refractivity contribution in [2.75, 3.05) is 0 Å². The molecule has 0 aliphatic heterocycles. The Kier molecular flexibility index (Phi) is 4.93. The van der Waals surface area contributed by atoms with Crippen LogP contribution in [0.25, 0.3) is 0 Å². The van der Waals surface area contributed by atoms with Crippen LogP contribution in [0.4, 0.5) is 5.69 Å². The summed E-state index contributed by atoms with van der Waals surface area (Å²) < 4.78 is 0. The summed E-state index contributed by atoms with van der Waals surface area (Å²) >= 11 is 6.96. The summed E-state index contributed by atoms with van der Waals surface area (Å²) in [6.45, 7) is 0. The summed E-state index contributed by atoms with van der Waals surface area (Å²) in [5.41, 5.74) is 10.8. The Balaban J connectivity index is 2.72. The molecule has 0 fully saturated rings. The predicted molar refractivity (Wildman–Crippen MR) is 72.9 cm³/mol. The van der Waals surface area contributed by atoms with E-state index in [1.165, 1.54) is 18.2 Å². The molecule has 1 rings (SSSR count). The van der Waals surface area contributed by atoms with E-state index in [4.69, 9.17) is 28.5 Å². The van der Waals surface area contributed by atoms with Gasteiger partial charge in [-0.3, -0.25) is 15.5 Å². The van der Waals surface area contributed by atoms with E-state index >= 15 is 0 Å². The van der Waals surface area contributed by atoms with Gasteiger partial charge in [0.25, 0.3) is 5.69 Å². The van der Waals surface area contributed by atoms with Gasteiger partial charge < -0.3 is 11.5 Å². The van der Waals surface area contributed by atoms with E-state index in [0.717, 1.165) is 11.8 Å². The van der Waals surface area contributed by atoms with Crippen molar-refractivity contribution < 1.29 is 4.92 Å². The number of guanidine groups is 1. The van der Waals surface area contributed by atoms with Gasteiger partial charge in [-0.25, -0.2) is 0 Å². The number of non-ortho nitro benzene ring substituents is 1. The normalized spacial score (nSPS) is 9.83. The lowest BCUT2D eigenvalue weighted by molar-refractivity contribution is -0.384. The summed E-state index contributed by atoms with van der Waals surface area (Å²) in [7, 11) is 0. The molecule has 1 aromatic rings. The first-order chi connectivity index (χ1) is 8.40. The molecule has 0 unspecified atom stereocenters. The van der Waals surface area contributed by atoms with Gasteiger partial charge in [-0.2, -0.15) is 4.99 Å². The van der Waals surface area contributed by atoms with Gasteiger partial charge in [0.1, 0.15) is 0 Å². The van der Waals surface area contributed by atoms with Crippen molar-refractivity contribution in [3.05, 3.63) is 38.9 Å². The third-order valence-corrected chi connectivity index (χ3v) is 3.01. The van der Waals surface area contributed by atoms with E-state index in [2.05, 4.69) is 4.99 Å². The first kappa shape index (κ1) is 14.3. The third kappa shape index (κ3) is 4.22. The highest BCUT2D eigenvalue weighted by molar-refractivity contribution is 8.13. The SMILES string of the molecule is N=C(N=C(N)N)SCc1ccc([N+](=O)[O-])cc1Cl. The molecule has 0 heterocycles. The first-order valence-corrected chi connectivity index (χ1v) is 6.00. The quantitative estimate of drug-likeness (QED) is 0.337. The van der Waals surface area contributed by atoms with Crippen molar-refractivity contribution in [1.29, 1.82) is 5.41 Å². The predicted octanol–water partition coefficient (Wildman–Crippen LogP) is 1.69. The van der Waals surface area contributed by atoms with Gasteiger partial charge in [-0.15, -0.1) is 0 Å². The molecule has 5 N–H and O–H groups in total. The average molecular weight is 288 g/mol. The second kappa shape index (κ2) is 6.22. The zero-order valence-corrected chi connectivity index (χ0v) is 10.7. The minimum absolute atomic E-state index is 0.0515. The Morgan fingerprint density at radius 3 is 2.72 bits per heavy atom. The largest absolute Gasteiger partial charge is 0.370 e. The molecule has 0 radical (unpaired) electrons. The zero-order valence-electron chi connectivity index (χ0n) is 9.09. The Hall–Kier alpha value is -1.80. The highest BCUT2D eigenvalue weighted by atomic mass is 35.5. The van der Waals surface area contributed by atoms with Crippen molar-refractivity contribution in [3.63, 3.8) is 0 Å². The van der Waals surface area contributed by atoms with Gasteiger partial charge in [0.05, 0.1) is 9.95 Å². The molecule has 0 saturated heterocycles. The summed E-state index contributed by atoms with van der Waals surface area (Å²) in [6.07, 6.45) is 0. The minimum Gasteiger partial charge on any atom is -0.370 e. The maximum absolute atomic E-state index is 10.5. The zero-order chi connectivity index (χ0) is 13.7. The van der Waals surface area contributed by atoms with Crippen LogP contribution in [0.15, 0.2) is 23.2 Å². The Bertz CT molecular complexity index is 516. The van der Waals surface area contributed by atoms with Gasteiger partial charge >= 0.3 is 0 Å². The molecule has 1 aromatic carbocycles. The summed E-state index contributed by atoms with van der Waals surface area (Å²) in [5.74, 6) is 0.161. The van der Waals surface area contributed by atoms with Gasteiger partial charge in [0, 0.05) is 17.9 Å². The standard InChI is InChI=1S/C9H10ClN5O2S/c10-7-3-6(15(16)17)2-1-5(7)4-18-9(13)14-8(11)12/h1-3H,4H2,(H5,11,12,13,14). The van der Waals surface area contributed by atoms with E-state index in [-0.39, 0.29) is 21.8 Å². The molecule has 9 heteroatoms. The maximum Gasteiger partial charge on any atom is 0.270 e. The Labute approximate surface area is 112 Å². The number of hydrogen-bond donors (Lipinski definition) is 3. The maximum atomic E-state index is 10.5. The monoisotopic (exact) mass is 287 g/mol. The fourth-order valence-electron chi connectivity index (χ4n) is 1.06. The van der Waals surface area contributed by atoms with Gasteiger partial charge in [-0.1, -0.05) is 23.4 Å². The molecule has 0 aliphatic rings. The third-order valence-electron chi connectivity index (χ3n) is 1.84. The number of halogens is 1. The number of thioether (sulfide) groups is 1. The molecule has 0 bridgehead atoms. The van der Waals surface area contributed by atoms with E-state index in [0.29, 0.717) is 11.3 Å². The number of rotatable bonds is 3. The molecule has 7 nitrogen and oxygen atoms in total. The second-order valence-corrected chi connectivity index (χ2v) is 4.53. The lowest BCUT2D eigenvalue weighted by atomic mass is 10.2. The molecule has 0 aromatic heterocycles. The van der Waals surface area contributed by atoms with Crippen LogP contribution in [0.5, 0.6) is 0 Å². The molecule has 96 valence electrons. The van der Waals surface area contributed by atoms with Crippen LogP contribution in [0.3, 0.4) is 0 Å². The summed E-state index contributed by atoms with van der Waals surface area (Å²) in [6, 6.07) is 4.16. The van der Waals surface area contributed by atoms with Gasteiger partial charge in [0.15, 0.2) is 11.1 Å². The van der Waals surface area contributed by atoms with Crippen molar-refractivity contribution in [2.24, 2.45) is 16.5 Å². The molecule has 18 heavy (non-hydrogen) atoms. The number of amidine groups is 1. The number of benzene rings is 1. The smallest absolute Gasteiger partial charge is 0.270 e. The molecule has 0 atom stereocenters. The van der Waals surface area contributed by atoms with Crippen LogP contribution in [0.1, 0.15) is 5.56 Å². The number of nitrogens with one attached hydrogen (secondary N) is 1. The van der Waals surface area contributed by atoms with Crippen molar-refractivity contribution in [1.82, 2.24) is 0 Å². The fourth-order valence-corrected chi connectivity index (χ4v) is 2.10. The molecule has 0 amide bonds. The first-order valence-electron chi connectivity index (χ1n) is 4.64. The molecular weight excluding hydrogens is 278 g/mol. The van der Waals surface area contributed by atoms with E-state index in [1.54, 1.807) is 0 Å². The number of hydrogen-bond acceptors (Lipinski definition) is 4. The number of nitrogens with zero attached hydrogens (tertiary/aromatic N) is 2. The molecular formula is C9H10ClN5O2S. The number of nitro benzene ring substituents is 1. The van der Waals surface area contributed by atoms with Crippen LogP contribution < -0.4 is 11.5 Å².